The van der Waals surface area contributed by atoms with Gasteiger partial charge in [-0.15, -0.1) is 0 Å². The van der Waals surface area contributed by atoms with Crippen LogP contribution in [0.4, 0.5) is 4.39 Å². The first kappa shape index (κ1) is 12.1. The highest BCUT2D eigenvalue weighted by atomic mass is 19.1. The number of para-hydroxylation sites is 1. The van der Waals surface area contributed by atoms with Gasteiger partial charge >= 0.3 is 5.97 Å². The highest BCUT2D eigenvalue weighted by Gasteiger charge is 2.13. The van der Waals surface area contributed by atoms with Crippen LogP contribution in [0.1, 0.15) is 15.9 Å². The maximum atomic E-state index is 13.0. The number of ether oxygens (including phenoxy) is 1. The summed E-state index contributed by atoms with van der Waals surface area (Å²) in [6, 6.07) is 10.6. The summed E-state index contributed by atoms with van der Waals surface area (Å²) >= 11 is 0. The second-order valence-electron chi connectivity index (χ2n) is 3.81. The van der Waals surface area contributed by atoms with Crippen LogP contribution in [0.15, 0.2) is 42.5 Å². The molecule has 0 saturated heterocycles. The van der Waals surface area contributed by atoms with Gasteiger partial charge in [0.15, 0.2) is 0 Å². The second kappa shape index (κ2) is 4.87. The maximum Gasteiger partial charge on any atom is 0.339 e. The van der Waals surface area contributed by atoms with Crippen molar-refractivity contribution in [2.24, 2.45) is 0 Å². The summed E-state index contributed by atoms with van der Waals surface area (Å²) < 4.78 is 18.5. The smallest absolute Gasteiger partial charge is 0.339 e. The van der Waals surface area contributed by atoms with Crippen LogP contribution >= 0.6 is 0 Å². The molecule has 0 spiro atoms. The number of carboxylic acid groups (broad SMARTS) is 1. The van der Waals surface area contributed by atoms with Crippen molar-refractivity contribution < 1.29 is 19.0 Å². The quantitative estimate of drug-likeness (QED) is 0.899. The van der Waals surface area contributed by atoms with Crippen molar-refractivity contribution >= 4 is 5.97 Å². The van der Waals surface area contributed by atoms with E-state index in [4.69, 9.17) is 9.84 Å². The molecule has 18 heavy (non-hydrogen) atoms. The number of carboxylic acids is 1. The number of carbonyl (C=O) groups is 1. The monoisotopic (exact) mass is 246 g/mol. The normalized spacial score (nSPS) is 10.1. The Kier molecular flexibility index (Phi) is 3.28. The van der Waals surface area contributed by atoms with Crippen molar-refractivity contribution in [1.82, 2.24) is 0 Å². The number of halogens is 1. The summed E-state index contributed by atoms with van der Waals surface area (Å²) in [6.07, 6.45) is 0. The Morgan fingerprint density at radius 2 is 1.89 bits per heavy atom. The van der Waals surface area contributed by atoms with Gasteiger partial charge in [0.05, 0.1) is 0 Å². The predicted octanol–water partition coefficient (Wildman–Crippen LogP) is 3.62. The minimum Gasteiger partial charge on any atom is -0.478 e. The molecule has 0 aliphatic heterocycles. The van der Waals surface area contributed by atoms with Crippen LogP contribution < -0.4 is 4.74 Å². The number of hydrogen-bond acceptors (Lipinski definition) is 2. The Morgan fingerprint density at radius 1 is 1.17 bits per heavy atom. The van der Waals surface area contributed by atoms with Gasteiger partial charge in [-0.1, -0.05) is 18.2 Å². The molecule has 0 aromatic heterocycles. The number of aryl methyl sites for hydroxylation is 1. The van der Waals surface area contributed by atoms with E-state index < -0.39 is 11.8 Å². The maximum absolute atomic E-state index is 13.0. The summed E-state index contributed by atoms with van der Waals surface area (Å²) in [7, 11) is 0. The van der Waals surface area contributed by atoms with Crippen LogP contribution in [0, 0.1) is 12.7 Å². The van der Waals surface area contributed by atoms with E-state index in [9.17, 15) is 9.18 Å². The summed E-state index contributed by atoms with van der Waals surface area (Å²) in [6.45, 7) is 1.85. The van der Waals surface area contributed by atoms with Crippen LogP contribution in [0.5, 0.6) is 11.5 Å². The topological polar surface area (TPSA) is 46.5 Å². The molecular formula is C14H11FO3. The van der Waals surface area contributed by atoms with Gasteiger partial charge < -0.3 is 9.84 Å². The predicted molar refractivity (Wildman–Crippen MR) is 64.6 cm³/mol. The molecule has 0 unspecified atom stereocenters. The molecule has 0 fully saturated rings. The average Bonchev–Trinajstić information content (AvgIpc) is 2.34. The molecule has 3 nitrogen and oxygen atoms in total. The molecule has 2 aromatic rings. The van der Waals surface area contributed by atoms with Crippen LogP contribution in [-0.4, -0.2) is 11.1 Å². The zero-order valence-corrected chi connectivity index (χ0v) is 9.68. The third-order valence-electron chi connectivity index (χ3n) is 2.49. The lowest BCUT2D eigenvalue weighted by molar-refractivity contribution is 0.0693. The van der Waals surface area contributed by atoms with Crippen molar-refractivity contribution in [2.75, 3.05) is 0 Å². The largest absolute Gasteiger partial charge is 0.478 e. The van der Waals surface area contributed by atoms with Gasteiger partial charge in [0, 0.05) is 0 Å². The molecule has 0 saturated carbocycles. The highest BCUT2D eigenvalue weighted by Crippen LogP contribution is 2.28. The highest BCUT2D eigenvalue weighted by molar-refractivity contribution is 5.91. The molecule has 4 heteroatoms. The number of benzene rings is 2. The van der Waals surface area contributed by atoms with Gasteiger partial charge in [-0.3, -0.25) is 0 Å². The Bertz CT molecular complexity index is 593. The fraction of sp³-hybridized carbons (Fsp3) is 0.0714. The Labute approximate surface area is 103 Å². The molecular weight excluding hydrogens is 235 g/mol. The average molecular weight is 246 g/mol. The molecule has 0 radical (unpaired) electrons. The lowest BCUT2D eigenvalue weighted by Gasteiger charge is -2.10. The Balaban J connectivity index is 2.41. The molecule has 2 rings (SSSR count). The zero-order valence-electron chi connectivity index (χ0n) is 9.68. The lowest BCUT2D eigenvalue weighted by Crippen LogP contribution is -2.01. The first-order valence-corrected chi connectivity index (χ1v) is 5.34. The van der Waals surface area contributed by atoms with Gasteiger partial charge in [-0.2, -0.15) is 0 Å². The van der Waals surface area contributed by atoms with Crippen molar-refractivity contribution in [3.63, 3.8) is 0 Å². The summed E-state index contributed by atoms with van der Waals surface area (Å²) in [5, 5.41) is 8.99. The van der Waals surface area contributed by atoms with E-state index in [1.54, 1.807) is 12.1 Å². The fourth-order valence-corrected chi connectivity index (χ4v) is 1.55. The third-order valence-corrected chi connectivity index (χ3v) is 2.49. The van der Waals surface area contributed by atoms with Crippen molar-refractivity contribution in [3.05, 3.63) is 59.4 Å². The van der Waals surface area contributed by atoms with Crippen LogP contribution in [0.25, 0.3) is 0 Å². The van der Waals surface area contributed by atoms with Crippen molar-refractivity contribution in [2.45, 2.75) is 6.92 Å². The van der Waals surface area contributed by atoms with Gasteiger partial charge in [0.2, 0.25) is 0 Å². The summed E-state index contributed by atoms with van der Waals surface area (Å²) in [5.41, 5.74) is 0.677. The van der Waals surface area contributed by atoms with E-state index in [0.29, 0.717) is 5.75 Å². The minimum absolute atomic E-state index is 0.123. The van der Waals surface area contributed by atoms with Crippen LogP contribution in [0.2, 0.25) is 0 Å². The van der Waals surface area contributed by atoms with Crippen molar-refractivity contribution in [3.8, 4) is 11.5 Å². The van der Waals surface area contributed by atoms with Crippen LogP contribution in [0.3, 0.4) is 0 Å². The van der Waals surface area contributed by atoms with E-state index in [-0.39, 0.29) is 11.3 Å². The van der Waals surface area contributed by atoms with Gasteiger partial charge in [-0.25, -0.2) is 9.18 Å². The van der Waals surface area contributed by atoms with Crippen LogP contribution in [-0.2, 0) is 0 Å². The molecule has 0 heterocycles. The van der Waals surface area contributed by atoms with E-state index in [2.05, 4.69) is 0 Å². The van der Waals surface area contributed by atoms with E-state index in [1.807, 2.05) is 19.1 Å². The first-order valence-electron chi connectivity index (χ1n) is 5.34. The second-order valence-corrected chi connectivity index (χ2v) is 3.81. The lowest BCUT2D eigenvalue weighted by atomic mass is 10.2. The molecule has 0 amide bonds. The minimum atomic E-state index is -1.22. The molecule has 0 aliphatic rings. The van der Waals surface area contributed by atoms with E-state index in [1.165, 1.54) is 12.1 Å². The van der Waals surface area contributed by atoms with E-state index >= 15 is 0 Å². The third kappa shape index (κ3) is 2.48. The molecule has 1 N–H and O–H groups in total. The van der Waals surface area contributed by atoms with Gasteiger partial charge in [-0.05, 0) is 36.8 Å². The molecule has 0 atom stereocenters. The standard InChI is InChI=1S/C14H11FO3/c1-9-4-2-3-5-12(9)18-13-7-6-10(15)8-11(13)14(16)17/h2-8H,1H3,(H,16,17). The summed E-state index contributed by atoms with van der Waals surface area (Å²) in [4.78, 5) is 11.0. The van der Waals surface area contributed by atoms with Gasteiger partial charge in [0.25, 0.3) is 0 Å². The molecule has 92 valence electrons. The number of hydrogen-bond donors (Lipinski definition) is 1. The van der Waals surface area contributed by atoms with Crippen molar-refractivity contribution in [1.29, 1.82) is 0 Å². The van der Waals surface area contributed by atoms with E-state index in [0.717, 1.165) is 11.6 Å². The SMILES string of the molecule is Cc1ccccc1Oc1ccc(F)cc1C(=O)O. The Morgan fingerprint density at radius 3 is 2.56 bits per heavy atom. The van der Waals surface area contributed by atoms with Gasteiger partial charge in [0.1, 0.15) is 22.9 Å². The molecule has 0 bridgehead atoms. The number of rotatable bonds is 3. The first-order chi connectivity index (χ1) is 8.58. The number of aromatic carboxylic acids is 1. The fourth-order valence-electron chi connectivity index (χ4n) is 1.55. The molecule has 2 aromatic carbocycles. The Hall–Kier alpha value is -2.36. The zero-order chi connectivity index (χ0) is 13.1. The molecule has 0 aliphatic carbocycles. The summed E-state index contributed by atoms with van der Waals surface area (Å²) in [5.74, 6) is -1.16.